The summed E-state index contributed by atoms with van der Waals surface area (Å²) >= 11 is 0. The van der Waals surface area contributed by atoms with Gasteiger partial charge in [-0.2, -0.15) is 0 Å². The van der Waals surface area contributed by atoms with Crippen molar-refractivity contribution >= 4 is 0 Å². The second-order valence-corrected chi connectivity index (χ2v) is 4.88. The molecule has 0 radical (unpaired) electrons. The van der Waals surface area contributed by atoms with E-state index in [0.29, 0.717) is 0 Å². The summed E-state index contributed by atoms with van der Waals surface area (Å²) in [5, 5.41) is 0. The first-order valence-corrected chi connectivity index (χ1v) is 5.11. The maximum absolute atomic E-state index is 2.55. The third-order valence-electron chi connectivity index (χ3n) is 4.13. The van der Waals surface area contributed by atoms with Crippen molar-refractivity contribution in [3.63, 3.8) is 0 Å². The highest BCUT2D eigenvalue weighted by atomic mass is 14.5. The molecule has 0 N–H and O–H groups in total. The van der Waals surface area contributed by atoms with Crippen LogP contribution >= 0.6 is 0 Å². The summed E-state index contributed by atoms with van der Waals surface area (Å²) in [7, 11) is 0. The van der Waals surface area contributed by atoms with Gasteiger partial charge < -0.3 is 0 Å². The minimum absolute atomic E-state index is 0.928. The predicted octanol–water partition coefficient (Wildman–Crippen LogP) is 3.16. The molecule has 1 saturated carbocycles. The van der Waals surface area contributed by atoms with Crippen LogP contribution in [0.1, 0.15) is 26.7 Å². The quantitative estimate of drug-likeness (QED) is 0.477. The van der Waals surface area contributed by atoms with E-state index in [9.17, 15) is 0 Å². The Morgan fingerprint density at radius 2 is 2.08 bits per heavy atom. The van der Waals surface area contributed by atoms with Gasteiger partial charge in [0, 0.05) is 0 Å². The topological polar surface area (TPSA) is 0 Å². The number of hydrogen-bond acceptors (Lipinski definition) is 0. The van der Waals surface area contributed by atoms with Crippen molar-refractivity contribution in [2.45, 2.75) is 26.7 Å². The Morgan fingerprint density at radius 3 is 2.92 bits per heavy atom. The fraction of sp³-hybridized carbons (Fsp3) is 0.667. The molecule has 0 aromatic rings. The summed E-state index contributed by atoms with van der Waals surface area (Å²) in [5.74, 6) is 3.80. The summed E-state index contributed by atoms with van der Waals surface area (Å²) in [6.07, 6.45) is 7.94. The van der Waals surface area contributed by atoms with Gasteiger partial charge in [-0.05, 0) is 50.4 Å². The predicted molar refractivity (Wildman–Crippen MR) is 50.7 cm³/mol. The smallest absolute Gasteiger partial charge is 0.0128 e. The molecule has 0 aromatic heterocycles. The molecular formula is C12H16. The minimum atomic E-state index is 0.928. The number of rotatable bonds is 0. The molecule has 0 amide bonds. The van der Waals surface area contributed by atoms with Gasteiger partial charge in [-0.15, -0.1) is 0 Å². The molecule has 0 heterocycles. The van der Waals surface area contributed by atoms with E-state index in [1.165, 1.54) is 12.8 Å². The van der Waals surface area contributed by atoms with E-state index >= 15 is 0 Å². The van der Waals surface area contributed by atoms with Crippen LogP contribution in [0.25, 0.3) is 0 Å². The number of hydrogen-bond donors (Lipinski definition) is 0. The molecule has 3 rings (SSSR count). The van der Waals surface area contributed by atoms with E-state index in [-0.39, 0.29) is 0 Å². The van der Waals surface area contributed by atoms with E-state index in [2.05, 4.69) is 26.0 Å². The van der Waals surface area contributed by atoms with Crippen LogP contribution in [-0.2, 0) is 0 Å². The first-order chi connectivity index (χ1) is 5.75. The lowest BCUT2D eigenvalue weighted by Crippen LogP contribution is -2.15. The van der Waals surface area contributed by atoms with Crippen LogP contribution in [0.5, 0.6) is 0 Å². The first kappa shape index (κ1) is 6.94. The lowest BCUT2D eigenvalue weighted by Gasteiger charge is -2.22. The molecule has 12 heavy (non-hydrogen) atoms. The standard InChI is InChI=1S/C12H16/c1-7-3-11-9-5-8(2)10(6-9)12(11)4-7/h4-5,9-12H,3,6H2,1-2H3/t9-,10+,11+,12-/m1/s1. The monoisotopic (exact) mass is 160 g/mol. The molecule has 0 nitrogen and oxygen atoms in total. The van der Waals surface area contributed by atoms with Gasteiger partial charge in [0.2, 0.25) is 0 Å². The Labute approximate surface area is 74.4 Å². The summed E-state index contributed by atoms with van der Waals surface area (Å²) in [4.78, 5) is 0. The molecule has 64 valence electrons. The van der Waals surface area contributed by atoms with Crippen molar-refractivity contribution in [2.75, 3.05) is 0 Å². The van der Waals surface area contributed by atoms with Crippen molar-refractivity contribution in [1.82, 2.24) is 0 Å². The third kappa shape index (κ3) is 0.688. The highest BCUT2D eigenvalue weighted by Gasteiger charge is 2.47. The number of allylic oxidation sites excluding steroid dienone is 4. The SMILES string of the molecule is CC1=C[C@H]2[C@@H](C1)[C@@H]1C=C(C)[C@@H]2C1. The van der Waals surface area contributed by atoms with E-state index in [4.69, 9.17) is 0 Å². The molecule has 0 aromatic carbocycles. The maximum atomic E-state index is 2.55. The lowest BCUT2D eigenvalue weighted by atomic mass is 9.82. The minimum Gasteiger partial charge on any atom is -0.0819 e. The molecule has 0 spiro atoms. The van der Waals surface area contributed by atoms with Crippen LogP contribution in [0.3, 0.4) is 0 Å². The van der Waals surface area contributed by atoms with Crippen LogP contribution in [0.4, 0.5) is 0 Å². The average Bonchev–Trinajstić information content (AvgIpc) is 2.57. The van der Waals surface area contributed by atoms with Gasteiger partial charge >= 0.3 is 0 Å². The molecule has 0 saturated heterocycles. The van der Waals surface area contributed by atoms with Gasteiger partial charge in [-0.25, -0.2) is 0 Å². The first-order valence-electron chi connectivity index (χ1n) is 5.11. The summed E-state index contributed by atoms with van der Waals surface area (Å²) < 4.78 is 0. The van der Waals surface area contributed by atoms with Crippen molar-refractivity contribution < 1.29 is 0 Å². The molecule has 0 aliphatic heterocycles. The van der Waals surface area contributed by atoms with Gasteiger partial charge in [0.1, 0.15) is 0 Å². The van der Waals surface area contributed by atoms with Gasteiger partial charge in [0.25, 0.3) is 0 Å². The number of fused-ring (bicyclic) bond motifs is 5. The van der Waals surface area contributed by atoms with E-state index in [0.717, 1.165) is 23.7 Å². The molecule has 0 heteroatoms. The van der Waals surface area contributed by atoms with Gasteiger partial charge in [0.15, 0.2) is 0 Å². The molecule has 4 atom stereocenters. The molecular weight excluding hydrogens is 144 g/mol. The van der Waals surface area contributed by atoms with Crippen molar-refractivity contribution in [2.24, 2.45) is 23.7 Å². The molecule has 0 unspecified atom stereocenters. The van der Waals surface area contributed by atoms with E-state index in [1.54, 1.807) is 11.1 Å². The zero-order valence-corrected chi connectivity index (χ0v) is 7.88. The van der Waals surface area contributed by atoms with Crippen molar-refractivity contribution in [3.8, 4) is 0 Å². The molecule has 3 aliphatic rings. The Morgan fingerprint density at radius 1 is 1.25 bits per heavy atom. The van der Waals surface area contributed by atoms with Crippen LogP contribution in [0.2, 0.25) is 0 Å². The lowest BCUT2D eigenvalue weighted by molar-refractivity contribution is 0.386. The Hall–Kier alpha value is -0.520. The van der Waals surface area contributed by atoms with Crippen LogP contribution in [0, 0.1) is 23.7 Å². The zero-order valence-electron chi connectivity index (χ0n) is 7.88. The zero-order chi connectivity index (χ0) is 8.29. The van der Waals surface area contributed by atoms with Gasteiger partial charge in [-0.1, -0.05) is 23.3 Å². The molecule has 3 aliphatic carbocycles. The van der Waals surface area contributed by atoms with Crippen LogP contribution in [-0.4, -0.2) is 0 Å². The summed E-state index contributed by atoms with van der Waals surface area (Å²) in [5.41, 5.74) is 3.31. The fourth-order valence-electron chi connectivity index (χ4n) is 3.65. The normalized spacial score (nSPS) is 49.2. The second-order valence-electron chi connectivity index (χ2n) is 4.88. The highest BCUT2D eigenvalue weighted by Crippen LogP contribution is 2.56. The Bertz CT molecular complexity index is 282. The Balaban J connectivity index is 2.00. The highest BCUT2D eigenvalue weighted by molar-refractivity contribution is 5.29. The second kappa shape index (κ2) is 2.04. The van der Waals surface area contributed by atoms with E-state index < -0.39 is 0 Å². The van der Waals surface area contributed by atoms with Crippen molar-refractivity contribution in [1.29, 1.82) is 0 Å². The van der Waals surface area contributed by atoms with E-state index in [1.807, 2.05) is 0 Å². The van der Waals surface area contributed by atoms with Crippen LogP contribution in [0.15, 0.2) is 23.3 Å². The fourth-order valence-corrected chi connectivity index (χ4v) is 3.65. The Kier molecular flexibility index (Phi) is 1.18. The largest absolute Gasteiger partial charge is 0.0819 e. The average molecular weight is 160 g/mol. The van der Waals surface area contributed by atoms with Gasteiger partial charge in [0.05, 0.1) is 0 Å². The summed E-state index contributed by atoms with van der Waals surface area (Å²) in [6.45, 7) is 4.62. The summed E-state index contributed by atoms with van der Waals surface area (Å²) in [6, 6.07) is 0. The molecule has 2 bridgehead atoms. The van der Waals surface area contributed by atoms with Gasteiger partial charge in [-0.3, -0.25) is 0 Å². The third-order valence-corrected chi connectivity index (χ3v) is 4.13. The van der Waals surface area contributed by atoms with Crippen molar-refractivity contribution in [3.05, 3.63) is 23.3 Å². The molecule has 1 fully saturated rings. The maximum Gasteiger partial charge on any atom is -0.0128 e. The van der Waals surface area contributed by atoms with Crippen LogP contribution < -0.4 is 0 Å².